The van der Waals surface area contributed by atoms with Crippen LogP contribution in [0.3, 0.4) is 0 Å². The number of benzene rings is 1. The highest BCUT2D eigenvalue weighted by molar-refractivity contribution is 5.91. The van der Waals surface area contributed by atoms with Crippen molar-refractivity contribution in [1.82, 2.24) is 20.4 Å². The van der Waals surface area contributed by atoms with Crippen LogP contribution in [0.5, 0.6) is 0 Å². The van der Waals surface area contributed by atoms with E-state index in [2.05, 4.69) is 24.5 Å². The molecule has 3 rings (SSSR count). The Kier molecular flexibility index (Phi) is 11.7. The van der Waals surface area contributed by atoms with Crippen molar-refractivity contribution in [3.05, 3.63) is 35.9 Å². The summed E-state index contributed by atoms with van der Waals surface area (Å²) < 4.78 is 0. The van der Waals surface area contributed by atoms with Gasteiger partial charge < -0.3 is 26.2 Å². The smallest absolute Gasteiger partial charge is 0.245 e. The Hall–Kier alpha value is -2.94. The molecule has 1 aliphatic carbocycles. The Morgan fingerprint density at radius 1 is 0.977 bits per heavy atom. The number of rotatable bonds is 12. The molecule has 0 bridgehead atoms. The average molecular weight is 612 g/mol. The molecule has 2 fully saturated rings. The fourth-order valence-electron chi connectivity index (χ4n) is 7.47. The van der Waals surface area contributed by atoms with E-state index in [9.17, 15) is 19.2 Å². The molecule has 44 heavy (non-hydrogen) atoms. The van der Waals surface area contributed by atoms with Crippen LogP contribution in [0.1, 0.15) is 92.6 Å². The van der Waals surface area contributed by atoms with Gasteiger partial charge in [0.1, 0.15) is 12.1 Å². The van der Waals surface area contributed by atoms with Crippen molar-refractivity contribution in [2.75, 3.05) is 20.6 Å². The Morgan fingerprint density at radius 3 is 2.16 bits per heavy atom. The maximum Gasteiger partial charge on any atom is 0.245 e. The van der Waals surface area contributed by atoms with Crippen LogP contribution < -0.4 is 16.4 Å². The summed E-state index contributed by atoms with van der Waals surface area (Å²) in [6.07, 6.45) is 4.75. The highest BCUT2D eigenvalue weighted by Gasteiger charge is 2.45. The van der Waals surface area contributed by atoms with Crippen LogP contribution in [0.25, 0.3) is 0 Å². The summed E-state index contributed by atoms with van der Waals surface area (Å²) >= 11 is 0. The number of primary amides is 1. The molecule has 1 heterocycles. The van der Waals surface area contributed by atoms with E-state index in [1.807, 2.05) is 72.0 Å². The summed E-state index contributed by atoms with van der Waals surface area (Å²) in [5, 5.41) is 6.34. The highest BCUT2D eigenvalue weighted by atomic mass is 16.2. The van der Waals surface area contributed by atoms with Gasteiger partial charge in [-0.3, -0.25) is 19.2 Å². The van der Waals surface area contributed by atoms with E-state index >= 15 is 0 Å². The molecule has 1 aromatic carbocycles. The van der Waals surface area contributed by atoms with Crippen molar-refractivity contribution in [2.45, 2.75) is 117 Å². The lowest BCUT2D eigenvalue weighted by molar-refractivity contribution is -0.143. The number of carbonyl (C=O) groups is 4. The van der Waals surface area contributed by atoms with Gasteiger partial charge in [-0.15, -0.1) is 0 Å². The second-order valence-corrected chi connectivity index (χ2v) is 15.0. The van der Waals surface area contributed by atoms with Crippen molar-refractivity contribution in [2.24, 2.45) is 28.9 Å². The number of likely N-dealkylation sites (tertiary alicyclic amines) is 1. The van der Waals surface area contributed by atoms with E-state index in [1.165, 1.54) is 0 Å². The lowest BCUT2D eigenvalue weighted by Crippen LogP contribution is -2.61. The molecule has 2 aliphatic rings. The van der Waals surface area contributed by atoms with Crippen LogP contribution in [0.4, 0.5) is 0 Å². The normalized spacial score (nSPS) is 22.9. The summed E-state index contributed by atoms with van der Waals surface area (Å²) in [6, 6.07) is 7.99. The van der Waals surface area contributed by atoms with Crippen LogP contribution in [-0.2, 0) is 24.6 Å². The molecule has 6 atom stereocenters. The minimum atomic E-state index is -0.745. The molecule has 1 saturated heterocycles. The van der Waals surface area contributed by atoms with Gasteiger partial charge in [0.15, 0.2) is 0 Å². The van der Waals surface area contributed by atoms with Crippen LogP contribution in [0.2, 0.25) is 0 Å². The van der Waals surface area contributed by atoms with E-state index in [0.29, 0.717) is 19.4 Å². The van der Waals surface area contributed by atoms with Gasteiger partial charge in [0.2, 0.25) is 23.6 Å². The van der Waals surface area contributed by atoms with Gasteiger partial charge in [-0.1, -0.05) is 85.2 Å². The predicted molar refractivity (Wildman–Crippen MR) is 174 cm³/mol. The monoisotopic (exact) mass is 611 g/mol. The molecule has 0 aromatic heterocycles. The molecule has 9 heteroatoms. The molecule has 1 saturated carbocycles. The predicted octanol–water partition coefficient (Wildman–Crippen LogP) is 3.85. The van der Waals surface area contributed by atoms with Gasteiger partial charge in [-0.2, -0.15) is 0 Å². The van der Waals surface area contributed by atoms with Crippen LogP contribution >= 0.6 is 0 Å². The van der Waals surface area contributed by atoms with Crippen LogP contribution in [0, 0.1) is 23.2 Å². The largest absolute Gasteiger partial charge is 0.368 e. The quantitative estimate of drug-likeness (QED) is 0.331. The first-order valence-electron chi connectivity index (χ1n) is 16.4. The number of amides is 4. The zero-order chi connectivity index (χ0) is 33.0. The molecular formula is C35H57N5O4. The van der Waals surface area contributed by atoms with E-state index in [4.69, 9.17) is 5.73 Å². The molecular weight excluding hydrogens is 554 g/mol. The summed E-state index contributed by atoms with van der Waals surface area (Å²) in [5.41, 5.74) is 5.59. The number of likely N-dealkylation sites (N-methyl/N-ethyl adjacent to an activating group) is 2. The Morgan fingerprint density at radius 2 is 1.61 bits per heavy atom. The summed E-state index contributed by atoms with van der Waals surface area (Å²) in [5.74, 6) is -0.671. The second kappa shape index (κ2) is 14.4. The maximum atomic E-state index is 14.3. The first-order chi connectivity index (χ1) is 20.5. The molecule has 4 amide bonds. The van der Waals surface area contributed by atoms with Gasteiger partial charge in [0.25, 0.3) is 0 Å². The van der Waals surface area contributed by atoms with Crippen molar-refractivity contribution in [3.63, 3.8) is 0 Å². The molecule has 1 aromatic rings. The molecule has 0 spiro atoms. The summed E-state index contributed by atoms with van der Waals surface area (Å²) in [4.78, 5) is 57.3. The molecule has 246 valence electrons. The third kappa shape index (κ3) is 7.82. The second-order valence-electron chi connectivity index (χ2n) is 15.0. The molecule has 9 nitrogen and oxygen atoms in total. The van der Waals surface area contributed by atoms with E-state index in [-0.39, 0.29) is 41.5 Å². The maximum absolute atomic E-state index is 14.3. The fourth-order valence-corrected chi connectivity index (χ4v) is 7.47. The van der Waals surface area contributed by atoms with Gasteiger partial charge in [-0.25, -0.2) is 0 Å². The Balaban J connectivity index is 1.79. The van der Waals surface area contributed by atoms with Gasteiger partial charge in [-0.05, 0) is 62.0 Å². The average Bonchev–Trinajstić information content (AvgIpc) is 3.64. The molecule has 1 unspecified atom stereocenters. The van der Waals surface area contributed by atoms with Crippen molar-refractivity contribution < 1.29 is 19.2 Å². The standard InChI is InChI=1S/C35H57N5O4/c1-22(2)27(21-23-15-13-18-25(23)32(43)40-20-14-19-26(40)30(36)41)39(9)33(44)29(34(3,4)5)38-31(42)28(37-8)35(6,7)24-16-11-10-12-17-24/h10-12,16-17,22-23,25-29,37H,13-15,18-21H2,1-9H3,(H2,36,41)(H,38,42)/t23?,25-,26+,27-,28-,29-/m1/s1. The summed E-state index contributed by atoms with van der Waals surface area (Å²) in [7, 11) is 3.60. The Bertz CT molecular complexity index is 1160. The molecule has 0 radical (unpaired) electrons. The van der Waals surface area contributed by atoms with Gasteiger partial charge in [0, 0.05) is 31.0 Å². The van der Waals surface area contributed by atoms with E-state index < -0.39 is 34.9 Å². The van der Waals surface area contributed by atoms with E-state index in [1.54, 1.807) is 16.8 Å². The highest BCUT2D eigenvalue weighted by Crippen LogP contribution is 2.39. The van der Waals surface area contributed by atoms with Crippen LogP contribution in [-0.4, -0.2) is 78.2 Å². The van der Waals surface area contributed by atoms with Crippen molar-refractivity contribution >= 4 is 23.6 Å². The minimum Gasteiger partial charge on any atom is -0.368 e. The number of hydrogen-bond donors (Lipinski definition) is 3. The fraction of sp³-hybridized carbons (Fsp3) is 0.714. The lowest BCUT2D eigenvalue weighted by Gasteiger charge is -2.41. The van der Waals surface area contributed by atoms with E-state index in [0.717, 1.165) is 31.2 Å². The van der Waals surface area contributed by atoms with Crippen molar-refractivity contribution in [3.8, 4) is 0 Å². The number of nitrogens with zero attached hydrogens (tertiary/aromatic N) is 2. The zero-order valence-corrected chi connectivity index (χ0v) is 28.5. The first-order valence-corrected chi connectivity index (χ1v) is 16.4. The topological polar surface area (TPSA) is 125 Å². The van der Waals surface area contributed by atoms with Crippen LogP contribution in [0.15, 0.2) is 30.3 Å². The molecule has 4 N–H and O–H groups in total. The first kappa shape index (κ1) is 35.5. The van der Waals surface area contributed by atoms with Gasteiger partial charge in [0.05, 0.1) is 6.04 Å². The number of hydrogen-bond acceptors (Lipinski definition) is 5. The van der Waals surface area contributed by atoms with Gasteiger partial charge >= 0.3 is 0 Å². The number of nitrogens with one attached hydrogen (secondary N) is 2. The molecule has 1 aliphatic heterocycles. The Labute approximate surface area is 265 Å². The minimum absolute atomic E-state index is 0.0317. The third-order valence-corrected chi connectivity index (χ3v) is 10.2. The number of carbonyl (C=O) groups excluding carboxylic acids is 4. The third-order valence-electron chi connectivity index (χ3n) is 10.2. The SMILES string of the molecule is CN[C@H](C(=O)N[C@H](C(=O)N(C)[C@H](CC1CCC[C@H]1C(=O)N1CCC[C@H]1C(N)=O)C(C)C)C(C)(C)C)C(C)(C)c1ccccc1. The van der Waals surface area contributed by atoms with Crippen molar-refractivity contribution in [1.29, 1.82) is 0 Å². The lowest BCUT2D eigenvalue weighted by atomic mass is 9.76. The zero-order valence-electron chi connectivity index (χ0n) is 28.5. The number of nitrogens with two attached hydrogens (primary N) is 1. The summed E-state index contributed by atoms with van der Waals surface area (Å²) in [6.45, 7) is 14.8.